The second-order valence-electron chi connectivity index (χ2n) is 4.89. The Bertz CT molecular complexity index is 419. The van der Waals surface area contributed by atoms with Crippen LogP contribution >= 0.6 is 0 Å². The van der Waals surface area contributed by atoms with Crippen LogP contribution in [-0.4, -0.2) is 16.4 Å². The summed E-state index contributed by atoms with van der Waals surface area (Å²) in [5.41, 5.74) is 7.56. The minimum absolute atomic E-state index is 0.00995. The molecule has 1 aromatic heterocycles. The minimum atomic E-state index is -0.350. The molecule has 0 saturated carbocycles. The molecule has 0 bridgehead atoms. The Morgan fingerprint density at radius 2 is 1.94 bits per heavy atom. The lowest BCUT2D eigenvalue weighted by atomic mass is 10.1. The van der Waals surface area contributed by atoms with Crippen molar-refractivity contribution in [3.63, 3.8) is 0 Å². The van der Waals surface area contributed by atoms with Crippen LogP contribution in [0.4, 0.5) is 0 Å². The maximum atomic E-state index is 7.55. The molecule has 0 saturated heterocycles. The molecule has 0 unspecified atom stereocenters. The SMILES string of the molecule is Cc1cc(C)c(C(=N)N)c(OC(C)(C)C)n1. The molecule has 0 aliphatic heterocycles. The number of hydrogen-bond donors (Lipinski definition) is 2. The molecule has 3 N–H and O–H groups in total. The summed E-state index contributed by atoms with van der Waals surface area (Å²) in [5.74, 6) is 0.432. The number of amidine groups is 1. The number of pyridine rings is 1. The van der Waals surface area contributed by atoms with Crippen molar-refractivity contribution in [2.45, 2.75) is 40.2 Å². The van der Waals surface area contributed by atoms with Crippen LogP contribution in [0, 0.1) is 19.3 Å². The van der Waals surface area contributed by atoms with E-state index in [1.54, 1.807) is 0 Å². The van der Waals surface area contributed by atoms with Gasteiger partial charge < -0.3 is 10.5 Å². The van der Waals surface area contributed by atoms with Gasteiger partial charge in [0.2, 0.25) is 5.88 Å². The van der Waals surface area contributed by atoms with Gasteiger partial charge in [-0.1, -0.05) is 0 Å². The number of ether oxygens (including phenoxy) is 1. The van der Waals surface area contributed by atoms with Crippen LogP contribution < -0.4 is 10.5 Å². The van der Waals surface area contributed by atoms with Crippen molar-refractivity contribution in [3.8, 4) is 5.88 Å². The normalized spacial score (nSPS) is 11.3. The smallest absolute Gasteiger partial charge is 0.225 e. The maximum absolute atomic E-state index is 7.55. The van der Waals surface area contributed by atoms with Crippen LogP contribution in [0.15, 0.2) is 6.07 Å². The fraction of sp³-hybridized carbons (Fsp3) is 0.500. The Kier molecular flexibility index (Phi) is 3.21. The highest BCUT2D eigenvalue weighted by atomic mass is 16.5. The fourth-order valence-corrected chi connectivity index (χ4v) is 1.49. The first-order valence-electron chi connectivity index (χ1n) is 5.22. The largest absolute Gasteiger partial charge is 0.471 e. The van der Waals surface area contributed by atoms with Crippen LogP contribution in [0.3, 0.4) is 0 Å². The summed E-state index contributed by atoms with van der Waals surface area (Å²) >= 11 is 0. The Labute approximate surface area is 96.3 Å². The molecule has 4 heteroatoms. The molecule has 0 aliphatic carbocycles. The lowest BCUT2D eigenvalue weighted by Gasteiger charge is -2.23. The summed E-state index contributed by atoms with van der Waals surface area (Å²) in [6.07, 6.45) is 0. The summed E-state index contributed by atoms with van der Waals surface area (Å²) in [7, 11) is 0. The quantitative estimate of drug-likeness (QED) is 0.593. The van der Waals surface area contributed by atoms with E-state index < -0.39 is 0 Å². The highest BCUT2D eigenvalue weighted by Crippen LogP contribution is 2.24. The van der Waals surface area contributed by atoms with Gasteiger partial charge in [0.05, 0.1) is 5.56 Å². The van der Waals surface area contributed by atoms with E-state index in [9.17, 15) is 0 Å². The third kappa shape index (κ3) is 2.95. The summed E-state index contributed by atoms with van der Waals surface area (Å²) in [6, 6.07) is 1.90. The third-order valence-corrected chi connectivity index (χ3v) is 1.98. The van der Waals surface area contributed by atoms with Gasteiger partial charge in [-0.3, -0.25) is 5.41 Å². The van der Waals surface area contributed by atoms with Crippen LogP contribution in [-0.2, 0) is 0 Å². The van der Waals surface area contributed by atoms with Gasteiger partial charge >= 0.3 is 0 Å². The summed E-state index contributed by atoms with van der Waals surface area (Å²) in [6.45, 7) is 9.62. The Morgan fingerprint density at radius 1 is 1.38 bits per heavy atom. The average molecular weight is 221 g/mol. The summed E-state index contributed by atoms with van der Waals surface area (Å²) in [5, 5.41) is 7.55. The molecule has 0 radical (unpaired) electrons. The number of nitrogen functional groups attached to an aromatic ring is 1. The van der Waals surface area contributed by atoms with Crippen LogP contribution in [0.2, 0.25) is 0 Å². The van der Waals surface area contributed by atoms with Gasteiger partial charge in [-0.15, -0.1) is 0 Å². The van der Waals surface area contributed by atoms with Gasteiger partial charge in [-0.05, 0) is 46.2 Å². The van der Waals surface area contributed by atoms with Gasteiger partial charge in [-0.25, -0.2) is 4.98 Å². The standard InChI is InChI=1S/C12H19N3O/c1-7-6-8(2)15-11(9(7)10(13)14)16-12(3,4)5/h6H,1-5H3,(H3,13,14). The van der Waals surface area contributed by atoms with E-state index in [4.69, 9.17) is 15.9 Å². The molecule has 16 heavy (non-hydrogen) atoms. The lowest BCUT2D eigenvalue weighted by Crippen LogP contribution is -2.26. The predicted molar refractivity (Wildman–Crippen MR) is 65.1 cm³/mol. The molecule has 1 aromatic rings. The average Bonchev–Trinajstić information content (AvgIpc) is 1.96. The molecule has 0 fully saturated rings. The number of aromatic nitrogens is 1. The maximum Gasteiger partial charge on any atom is 0.225 e. The molecule has 4 nitrogen and oxygen atoms in total. The van der Waals surface area contributed by atoms with E-state index >= 15 is 0 Å². The topological polar surface area (TPSA) is 72.0 Å². The third-order valence-electron chi connectivity index (χ3n) is 1.98. The molecule has 1 heterocycles. The second kappa shape index (κ2) is 4.12. The molecular weight excluding hydrogens is 202 g/mol. The zero-order valence-corrected chi connectivity index (χ0v) is 10.5. The van der Waals surface area contributed by atoms with Crippen molar-refractivity contribution < 1.29 is 4.74 Å². The number of aryl methyl sites for hydroxylation is 2. The van der Waals surface area contributed by atoms with Crippen molar-refractivity contribution in [2.24, 2.45) is 5.73 Å². The summed E-state index contributed by atoms with van der Waals surface area (Å²) < 4.78 is 5.72. The highest BCUT2D eigenvalue weighted by molar-refractivity contribution is 5.98. The number of nitrogens with zero attached hydrogens (tertiary/aromatic N) is 1. The Morgan fingerprint density at radius 3 is 2.38 bits per heavy atom. The van der Waals surface area contributed by atoms with Crippen molar-refractivity contribution in [1.29, 1.82) is 5.41 Å². The fourth-order valence-electron chi connectivity index (χ4n) is 1.49. The summed E-state index contributed by atoms with van der Waals surface area (Å²) in [4.78, 5) is 4.30. The van der Waals surface area contributed by atoms with Crippen molar-refractivity contribution in [2.75, 3.05) is 0 Å². The lowest BCUT2D eigenvalue weighted by molar-refractivity contribution is 0.123. The van der Waals surface area contributed by atoms with E-state index in [-0.39, 0.29) is 11.4 Å². The van der Waals surface area contributed by atoms with Crippen molar-refractivity contribution in [3.05, 3.63) is 22.9 Å². The molecule has 0 spiro atoms. The first-order chi connectivity index (χ1) is 7.20. The minimum Gasteiger partial charge on any atom is -0.471 e. The number of nitrogens with one attached hydrogen (secondary N) is 1. The number of nitrogens with two attached hydrogens (primary N) is 1. The van der Waals surface area contributed by atoms with E-state index in [0.29, 0.717) is 11.4 Å². The second-order valence-corrected chi connectivity index (χ2v) is 4.89. The number of hydrogen-bond acceptors (Lipinski definition) is 3. The van der Waals surface area contributed by atoms with Gasteiger partial charge in [0.1, 0.15) is 11.4 Å². The van der Waals surface area contributed by atoms with Crippen LogP contribution in [0.25, 0.3) is 0 Å². The molecular formula is C12H19N3O. The number of rotatable bonds is 2. The van der Waals surface area contributed by atoms with Gasteiger partial charge in [0, 0.05) is 5.69 Å². The molecule has 0 aliphatic rings. The molecule has 88 valence electrons. The van der Waals surface area contributed by atoms with Gasteiger partial charge in [0.15, 0.2) is 0 Å². The van der Waals surface area contributed by atoms with Gasteiger partial charge in [-0.2, -0.15) is 0 Å². The van der Waals surface area contributed by atoms with Crippen LogP contribution in [0.1, 0.15) is 37.6 Å². The highest BCUT2D eigenvalue weighted by Gasteiger charge is 2.19. The molecule has 1 rings (SSSR count). The van der Waals surface area contributed by atoms with Gasteiger partial charge in [0.25, 0.3) is 0 Å². The zero-order valence-electron chi connectivity index (χ0n) is 10.5. The molecule has 0 atom stereocenters. The van der Waals surface area contributed by atoms with E-state index in [2.05, 4.69) is 4.98 Å². The van der Waals surface area contributed by atoms with E-state index in [1.165, 1.54) is 0 Å². The Hall–Kier alpha value is -1.58. The monoisotopic (exact) mass is 221 g/mol. The van der Waals surface area contributed by atoms with E-state index in [0.717, 1.165) is 11.3 Å². The van der Waals surface area contributed by atoms with Crippen molar-refractivity contribution >= 4 is 5.84 Å². The molecule has 0 aromatic carbocycles. The van der Waals surface area contributed by atoms with Crippen molar-refractivity contribution in [1.82, 2.24) is 4.98 Å². The van der Waals surface area contributed by atoms with E-state index in [1.807, 2.05) is 40.7 Å². The van der Waals surface area contributed by atoms with Crippen LogP contribution in [0.5, 0.6) is 5.88 Å². The predicted octanol–water partition coefficient (Wildman–Crippen LogP) is 2.16. The zero-order chi connectivity index (χ0) is 12.5. The Balaban J connectivity index is 3.30. The first kappa shape index (κ1) is 12.5. The molecule has 0 amide bonds. The first-order valence-corrected chi connectivity index (χ1v) is 5.22.